The van der Waals surface area contributed by atoms with Crippen molar-refractivity contribution in [1.29, 1.82) is 0 Å². The Morgan fingerprint density at radius 3 is 1.30 bits per heavy atom. The minimum absolute atomic E-state index is 0.480. The van der Waals surface area contributed by atoms with Gasteiger partial charge in [-0.3, -0.25) is 0 Å². The fourth-order valence-corrected chi connectivity index (χ4v) is 1.44. The third kappa shape index (κ3) is 9.62. The Hall–Kier alpha value is -2.90. The molecule has 0 aliphatic heterocycles. The monoisotopic (exact) mass is 320 g/mol. The molecule has 0 aliphatic carbocycles. The summed E-state index contributed by atoms with van der Waals surface area (Å²) in [5, 5.41) is 15.0. The molecule has 0 aromatic heterocycles. The van der Waals surface area contributed by atoms with E-state index in [9.17, 15) is 9.59 Å². The van der Waals surface area contributed by atoms with Gasteiger partial charge in [0.2, 0.25) is 0 Å². The summed E-state index contributed by atoms with van der Waals surface area (Å²) in [7, 11) is 0. The molecule has 0 spiro atoms. The Balaban J connectivity index is 0.000000322. The first-order valence-electron chi connectivity index (χ1n) is 6.54. The molecule has 2 aromatic rings. The Morgan fingerprint density at radius 2 is 1.04 bits per heavy atom. The molecule has 2 N–H and O–H groups in total. The van der Waals surface area contributed by atoms with Crippen molar-refractivity contribution in [2.75, 3.05) is 0 Å². The predicted molar refractivity (Wildman–Crippen MR) is 79.6 cm³/mol. The van der Waals surface area contributed by atoms with Gasteiger partial charge < -0.3 is 14.9 Å². The van der Waals surface area contributed by atoms with Crippen molar-refractivity contribution >= 4 is 12.3 Å². The second-order valence-electron chi connectivity index (χ2n) is 4.13. The number of hydrogen-bond acceptors (Lipinski definition) is 5. The van der Waals surface area contributed by atoms with E-state index in [1.54, 1.807) is 0 Å². The van der Waals surface area contributed by atoms with Crippen LogP contribution in [0.15, 0.2) is 60.7 Å². The summed E-state index contributed by atoms with van der Waals surface area (Å²) in [6, 6.07) is 19.9. The van der Waals surface area contributed by atoms with Crippen LogP contribution in [0.3, 0.4) is 0 Å². The van der Waals surface area contributed by atoms with Crippen LogP contribution >= 0.6 is 0 Å². The highest BCUT2D eigenvalue weighted by Crippen LogP contribution is 2.04. The first-order chi connectivity index (χ1) is 11.1. The van der Waals surface area contributed by atoms with Crippen LogP contribution in [0.2, 0.25) is 0 Å². The fourth-order valence-electron chi connectivity index (χ4n) is 1.44. The molecule has 0 bridgehead atoms. The van der Waals surface area contributed by atoms with Gasteiger partial charge in [-0.25, -0.2) is 19.4 Å². The molecule has 0 saturated carbocycles. The summed E-state index contributed by atoms with van der Waals surface area (Å²) >= 11 is 0. The van der Waals surface area contributed by atoms with Crippen LogP contribution in [0.4, 0.5) is 9.59 Å². The molecule has 0 radical (unpaired) electrons. The highest BCUT2D eigenvalue weighted by atomic mass is 17.2. The standard InChI is InChI=1S/C14H14O2.C2H2O5/c1-3-7-13(8-4-1)11-15-16-12-14-9-5-2-6-10-14;3-1(4)7-2(5)6/h1-10H,11-12H2;(H,3,4)(H,5,6). The van der Waals surface area contributed by atoms with Crippen molar-refractivity contribution in [3.8, 4) is 0 Å². The molecule has 7 nitrogen and oxygen atoms in total. The zero-order valence-electron chi connectivity index (χ0n) is 12.1. The van der Waals surface area contributed by atoms with Gasteiger partial charge in [-0.15, -0.1) is 0 Å². The molecule has 0 aliphatic rings. The average molecular weight is 320 g/mol. The van der Waals surface area contributed by atoms with Crippen LogP contribution in [-0.2, 0) is 27.7 Å². The zero-order valence-corrected chi connectivity index (χ0v) is 12.1. The van der Waals surface area contributed by atoms with E-state index in [0.717, 1.165) is 11.1 Å². The Labute approximate surface area is 132 Å². The molecule has 23 heavy (non-hydrogen) atoms. The summed E-state index contributed by atoms with van der Waals surface area (Å²) in [6.45, 7) is 0.960. The molecule has 7 heteroatoms. The van der Waals surface area contributed by atoms with E-state index < -0.39 is 12.3 Å². The first kappa shape index (κ1) is 18.1. The van der Waals surface area contributed by atoms with Gasteiger partial charge in [-0.05, 0) is 11.1 Å². The van der Waals surface area contributed by atoms with Crippen molar-refractivity contribution in [1.82, 2.24) is 0 Å². The lowest BCUT2D eigenvalue weighted by Crippen LogP contribution is -2.05. The molecule has 0 saturated heterocycles. The van der Waals surface area contributed by atoms with Crippen LogP contribution < -0.4 is 0 Å². The predicted octanol–water partition coefficient (Wildman–Crippen LogP) is 3.69. The quantitative estimate of drug-likeness (QED) is 0.285. The SMILES string of the molecule is O=C(O)OC(=O)O.c1ccc(COOCc2ccccc2)cc1. The second-order valence-corrected chi connectivity index (χ2v) is 4.13. The Bertz CT molecular complexity index is 530. The van der Waals surface area contributed by atoms with E-state index in [2.05, 4.69) is 4.74 Å². The number of carboxylic acid groups (broad SMARTS) is 2. The van der Waals surface area contributed by atoms with Gasteiger partial charge in [0.05, 0.1) is 0 Å². The number of ether oxygens (including phenoxy) is 1. The maximum absolute atomic E-state index is 9.21. The van der Waals surface area contributed by atoms with E-state index in [1.165, 1.54) is 0 Å². The van der Waals surface area contributed by atoms with E-state index in [4.69, 9.17) is 20.0 Å². The van der Waals surface area contributed by atoms with E-state index in [1.807, 2.05) is 60.7 Å². The van der Waals surface area contributed by atoms with Crippen LogP contribution in [0.1, 0.15) is 11.1 Å². The smallest absolute Gasteiger partial charge is 0.449 e. The number of carbonyl (C=O) groups is 2. The lowest BCUT2D eigenvalue weighted by atomic mass is 10.2. The van der Waals surface area contributed by atoms with Crippen LogP contribution in [0.25, 0.3) is 0 Å². The first-order valence-corrected chi connectivity index (χ1v) is 6.54. The Morgan fingerprint density at radius 1 is 0.696 bits per heavy atom. The van der Waals surface area contributed by atoms with Crippen LogP contribution in [-0.4, -0.2) is 22.5 Å². The van der Waals surface area contributed by atoms with E-state index in [0.29, 0.717) is 13.2 Å². The second kappa shape index (κ2) is 10.8. The third-order valence-electron chi connectivity index (χ3n) is 2.39. The Kier molecular flexibility index (Phi) is 8.50. The molecule has 0 heterocycles. The maximum atomic E-state index is 9.21. The number of hydrogen-bond donors (Lipinski definition) is 2. The minimum Gasteiger partial charge on any atom is -0.449 e. The van der Waals surface area contributed by atoms with E-state index >= 15 is 0 Å². The molecule has 0 amide bonds. The molecule has 0 fully saturated rings. The largest absolute Gasteiger partial charge is 0.516 e. The van der Waals surface area contributed by atoms with Gasteiger partial charge >= 0.3 is 12.3 Å². The normalized spacial score (nSPS) is 9.39. The van der Waals surface area contributed by atoms with Gasteiger partial charge in [0.15, 0.2) is 0 Å². The third-order valence-corrected chi connectivity index (χ3v) is 2.39. The minimum atomic E-state index is -1.81. The number of benzene rings is 2. The van der Waals surface area contributed by atoms with Crippen molar-refractivity contribution in [3.05, 3.63) is 71.8 Å². The molecule has 122 valence electrons. The van der Waals surface area contributed by atoms with Crippen molar-refractivity contribution in [2.45, 2.75) is 13.2 Å². The van der Waals surface area contributed by atoms with Gasteiger partial charge in [0, 0.05) is 0 Å². The molecule has 0 atom stereocenters. The van der Waals surface area contributed by atoms with Gasteiger partial charge in [0.25, 0.3) is 0 Å². The molecular weight excluding hydrogens is 304 g/mol. The summed E-state index contributed by atoms with van der Waals surface area (Å²) in [4.78, 5) is 28.7. The highest BCUT2D eigenvalue weighted by molar-refractivity contribution is 5.74. The van der Waals surface area contributed by atoms with Gasteiger partial charge in [0.1, 0.15) is 13.2 Å². The lowest BCUT2D eigenvalue weighted by molar-refractivity contribution is -0.313. The fraction of sp³-hybridized carbons (Fsp3) is 0.125. The molecular formula is C16H16O7. The van der Waals surface area contributed by atoms with Gasteiger partial charge in [-0.1, -0.05) is 60.7 Å². The summed E-state index contributed by atoms with van der Waals surface area (Å²) < 4.78 is 3.08. The maximum Gasteiger partial charge on any atom is 0.516 e. The summed E-state index contributed by atoms with van der Waals surface area (Å²) in [5.74, 6) is 0. The number of rotatable bonds is 5. The van der Waals surface area contributed by atoms with Crippen LogP contribution in [0, 0.1) is 0 Å². The zero-order chi connectivity index (χ0) is 16.9. The topological polar surface area (TPSA) is 102 Å². The molecule has 2 rings (SSSR count). The molecule has 2 aromatic carbocycles. The van der Waals surface area contributed by atoms with E-state index in [-0.39, 0.29) is 0 Å². The highest BCUT2D eigenvalue weighted by Gasteiger charge is 2.01. The summed E-state index contributed by atoms with van der Waals surface area (Å²) in [5.41, 5.74) is 2.21. The van der Waals surface area contributed by atoms with Gasteiger partial charge in [-0.2, -0.15) is 0 Å². The van der Waals surface area contributed by atoms with Crippen molar-refractivity contribution in [3.63, 3.8) is 0 Å². The molecule has 0 unspecified atom stereocenters. The van der Waals surface area contributed by atoms with Crippen LogP contribution in [0.5, 0.6) is 0 Å². The lowest BCUT2D eigenvalue weighted by Gasteiger charge is -2.04. The van der Waals surface area contributed by atoms with Crippen molar-refractivity contribution < 1.29 is 34.3 Å². The van der Waals surface area contributed by atoms with Crippen molar-refractivity contribution in [2.24, 2.45) is 0 Å². The average Bonchev–Trinajstić information content (AvgIpc) is 2.53. The summed E-state index contributed by atoms with van der Waals surface area (Å²) in [6.07, 6.45) is -3.62.